The van der Waals surface area contributed by atoms with Gasteiger partial charge in [0.25, 0.3) is 0 Å². The van der Waals surface area contributed by atoms with Crippen LogP contribution in [0.15, 0.2) is 29.9 Å². The summed E-state index contributed by atoms with van der Waals surface area (Å²) >= 11 is 1.77. The predicted molar refractivity (Wildman–Crippen MR) is 97.9 cm³/mol. The van der Waals surface area contributed by atoms with E-state index in [9.17, 15) is 0 Å². The highest BCUT2D eigenvalue weighted by Gasteiger charge is 2.56. The SMILES string of the molecule is Cc1ncccc1CN1CCC2(CC1)C[C@H]2N(C)Cc1nccs1. The highest BCUT2D eigenvalue weighted by atomic mass is 32.1. The molecule has 1 saturated heterocycles. The quantitative estimate of drug-likeness (QED) is 0.834. The highest BCUT2D eigenvalue weighted by Crippen LogP contribution is 2.56. The highest BCUT2D eigenvalue weighted by molar-refractivity contribution is 7.09. The van der Waals surface area contributed by atoms with Gasteiger partial charge in [0.1, 0.15) is 5.01 Å². The van der Waals surface area contributed by atoms with E-state index < -0.39 is 0 Å². The average molecular weight is 343 g/mol. The molecule has 128 valence electrons. The number of piperidine rings is 1. The summed E-state index contributed by atoms with van der Waals surface area (Å²) in [6.07, 6.45) is 7.83. The van der Waals surface area contributed by atoms with Gasteiger partial charge in [-0.05, 0) is 63.4 Å². The van der Waals surface area contributed by atoms with Gasteiger partial charge < -0.3 is 0 Å². The third-order valence-electron chi connectivity index (χ3n) is 5.91. The van der Waals surface area contributed by atoms with E-state index in [0.29, 0.717) is 5.41 Å². The van der Waals surface area contributed by atoms with Crippen LogP contribution in [0.4, 0.5) is 0 Å². The second-order valence-corrected chi connectivity index (χ2v) is 8.43. The van der Waals surface area contributed by atoms with E-state index in [1.54, 1.807) is 11.3 Å². The second kappa shape index (κ2) is 6.54. The van der Waals surface area contributed by atoms with E-state index in [0.717, 1.165) is 19.1 Å². The van der Waals surface area contributed by atoms with E-state index in [2.05, 4.69) is 51.3 Å². The first-order chi connectivity index (χ1) is 11.7. The molecule has 2 aliphatic rings. The molecular formula is C19H26N4S. The number of nitrogens with zero attached hydrogens (tertiary/aromatic N) is 4. The molecule has 2 aromatic rings. The number of aromatic nitrogens is 2. The lowest BCUT2D eigenvalue weighted by Gasteiger charge is -2.34. The number of pyridine rings is 1. The molecule has 4 nitrogen and oxygen atoms in total. The number of hydrogen-bond acceptors (Lipinski definition) is 5. The topological polar surface area (TPSA) is 32.3 Å². The van der Waals surface area contributed by atoms with Crippen LogP contribution in [0.2, 0.25) is 0 Å². The van der Waals surface area contributed by atoms with Crippen molar-refractivity contribution >= 4 is 11.3 Å². The van der Waals surface area contributed by atoms with Gasteiger partial charge in [-0.2, -0.15) is 0 Å². The zero-order valence-corrected chi connectivity index (χ0v) is 15.4. The Morgan fingerprint density at radius 2 is 2.12 bits per heavy atom. The largest absolute Gasteiger partial charge is 0.299 e. The van der Waals surface area contributed by atoms with E-state index in [1.807, 2.05) is 12.4 Å². The Labute approximate surface area is 148 Å². The van der Waals surface area contributed by atoms with Gasteiger partial charge in [0, 0.05) is 36.1 Å². The number of likely N-dealkylation sites (tertiary alicyclic amines) is 1. The Kier molecular flexibility index (Phi) is 4.41. The van der Waals surface area contributed by atoms with Crippen LogP contribution in [0, 0.1) is 12.3 Å². The summed E-state index contributed by atoms with van der Waals surface area (Å²) in [6.45, 7) is 6.61. The van der Waals surface area contributed by atoms with Crippen molar-refractivity contribution in [1.29, 1.82) is 0 Å². The van der Waals surface area contributed by atoms with Gasteiger partial charge in [0.05, 0.1) is 6.54 Å². The van der Waals surface area contributed by atoms with Gasteiger partial charge in [0.2, 0.25) is 0 Å². The molecule has 24 heavy (non-hydrogen) atoms. The fourth-order valence-electron chi connectivity index (χ4n) is 4.22. The minimum absolute atomic E-state index is 0.576. The standard InChI is InChI=1S/C19H26N4S/c1-15-16(4-3-7-20-15)13-23-9-5-19(6-10-23)12-17(19)22(2)14-18-21-8-11-24-18/h3-4,7-8,11,17H,5-6,9-10,12-14H2,1-2H3/t17-/m1/s1. The smallest absolute Gasteiger partial charge is 0.107 e. The fraction of sp³-hybridized carbons (Fsp3) is 0.579. The maximum atomic E-state index is 4.43. The van der Waals surface area contributed by atoms with E-state index in [-0.39, 0.29) is 0 Å². The molecule has 3 heterocycles. The van der Waals surface area contributed by atoms with Crippen molar-refractivity contribution < 1.29 is 0 Å². The first-order valence-corrected chi connectivity index (χ1v) is 9.76. The normalized spacial score (nSPS) is 23.0. The Morgan fingerprint density at radius 3 is 2.83 bits per heavy atom. The molecule has 1 saturated carbocycles. The van der Waals surface area contributed by atoms with Gasteiger partial charge in [0.15, 0.2) is 0 Å². The molecule has 1 aliphatic heterocycles. The molecule has 0 aromatic carbocycles. The molecular weight excluding hydrogens is 316 g/mol. The fourth-order valence-corrected chi connectivity index (χ4v) is 4.90. The summed E-state index contributed by atoms with van der Waals surface area (Å²) in [5.74, 6) is 0. The lowest BCUT2D eigenvalue weighted by molar-refractivity contribution is 0.139. The summed E-state index contributed by atoms with van der Waals surface area (Å²) in [5, 5.41) is 3.31. The average Bonchev–Trinajstić information content (AvgIpc) is 3.03. The van der Waals surface area contributed by atoms with Gasteiger partial charge in [-0.1, -0.05) is 6.07 Å². The van der Waals surface area contributed by atoms with Crippen LogP contribution >= 0.6 is 11.3 Å². The second-order valence-electron chi connectivity index (χ2n) is 7.45. The molecule has 4 rings (SSSR count). The van der Waals surface area contributed by atoms with Crippen LogP contribution in [-0.4, -0.2) is 45.9 Å². The maximum Gasteiger partial charge on any atom is 0.107 e. The Hall–Kier alpha value is -1.30. The van der Waals surface area contributed by atoms with Crippen LogP contribution < -0.4 is 0 Å². The lowest BCUT2D eigenvalue weighted by atomic mass is 9.92. The predicted octanol–water partition coefficient (Wildman–Crippen LogP) is 3.33. The minimum atomic E-state index is 0.576. The molecule has 1 aliphatic carbocycles. The van der Waals surface area contributed by atoms with Crippen molar-refractivity contribution in [3.05, 3.63) is 46.2 Å². The third kappa shape index (κ3) is 3.25. The zero-order valence-electron chi connectivity index (χ0n) is 14.6. The van der Waals surface area contributed by atoms with Crippen molar-refractivity contribution in [3.63, 3.8) is 0 Å². The lowest BCUT2D eigenvalue weighted by Crippen LogP contribution is -2.37. The maximum absolute atomic E-state index is 4.43. The molecule has 2 fully saturated rings. The van der Waals surface area contributed by atoms with Gasteiger partial charge >= 0.3 is 0 Å². The zero-order chi connectivity index (χ0) is 16.6. The minimum Gasteiger partial charge on any atom is -0.299 e. The summed E-state index contributed by atoms with van der Waals surface area (Å²) in [7, 11) is 2.27. The van der Waals surface area contributed by atoms with Crippen molar-refractivity contribution in [2.75, 3.05) is 20.1 Å². The molecule has 5 heteroatoms. The summed E-state index contributed by atoms with van der Waals surface area (Å²) in [6, 6.07) is 5.02. The molecule has 2 aromatic heterocycles. The van der Waals surface area contributed by atoms with Crippen molar-refractivity contribution in [3.8, 4) is 0 Å². The summed E-state index contributed by atoms with van der Waals surface area (Å²) in [4.78, 5) is 14.0. The first-order valence-electron chi connectivity index (χ1n) is 8.88. The Morgan fingerprint density at radius 1 is 1.29 bits per heavy atom. The van der Waals surface area contributed by atoms with Crippen LogP contribution in [0.5, 0.6) is 0 Å². The molecule has 0 bridgehead atoms. The molecule has 1 atom stereocenters. The molecule has 1 spiro atoms. The van der Waals surface area contributed by atoms with Crippen LogP contribution in [-0.2, 0) is 13.1 Å². The van der Waals surface area contributed by atoms with Gasteiger partial charge in [-0.25, -0.2) is 4.98 Å². The van der Waals surface area contributed by atoms with Gasteiger partial charge in [-0.15, -0.1) is 11.3 Å². The molecule has 0 radical (unpaired) electrons. The van der Waals surface area contributed by atoms with Crippen LogP contribution in [0.3, 0.4) is 0 Å². The van der Waals surface area contributed by atoms with Crippen LogP contribution in [0.1, 0.15) is 35.5 Å². The van der Waals surface area contributed by atoms with E-state index in [4.69, 9.17) is 0 Å². The summed E-state index contributed by atoms with van der Waals surface area (Å²) in [5.41, 5.74) is 3.12. The number of rotatable bonds is 5. The van der Waals surface area contributed by atoms with Crippen LogP contribution in [0.25, 0.3) is 0 Å². The van der Waals surface area contributed by atoms with Gasteiger partial charge in [-0.3, -0.25) is 14.8 Å². The number of thiazole rings is 1. The Balaban J connectivity index is 1.30. The number of aryl methyl sites for hydroxylation is 1. The van der Waals surface area contributed by atoms with E-state index >= 15 is 0 Å². The molecule has 0 unspecified atom stereocenters. The molecule has 0 amide bonds. The van der Waals surface area contributed by atoms with Crippen molar-refractivity contribution in [2.45, 2.75) is 45.3 Å². The number of hydrogen-bond donors (Lipinski definition) is 0. The van der Waals surface area contributed by atoms with Crippen molar-refractivity contribution in [1.82, 2.24) is 19.8 Å². The molecule has 0 N–H and O–H groups in total. The Bertz CT molecular complexity index is 676. The monoisotopic (exact) mass is 342 g/mol. The van der Waals surface area contributed by atoms with Crippen molar-refractivity contribution in [2.24, 2.45) is 5.41 Å². The first kappa shape index (κ1) is 16.2. The third-order valence-corrected chi connectivity index (χ3v) is 6.67. The van der Waals surface area contributed by atoms with E-state index in [1.165, 1.54) is 48.6 Å². The summed E-state index contributed by atoms with van der Waals surface area (Å²) < 4.78 is 0.